The van der Waals surface area contributed by atoms with Crippen molar-refractivity contribution in [3.63, 3.8) is 0 Å². The largest absolute Gasteiger partial charge is 0.504 e. The number of benzene rings is 1. The van der Waals surface area contributed by atoms with Gasteiger partial charge in [-0.2, -0.15) is 0 Å². The van der Waals surface area contributed by atoms with Crippen LogP contribution in [0.15, 0.2) is 28.8 Å². The highest BCUT2D eigenvalue weighted by Crippen LogP contribution is 2.43. The molecule has 0 spiro atoms. The lowest BCUT2D eigenvalue weighted by atomic mass is 9.96. The van der Waals surface area contributed by atoms with E-state index in [0.717, 1.165) is 48.2 Å². The van der Waals surface area contributed by atoms with Crippen LogP contribution in [0.4, 0.5) is 0 Å². The molecule has 2 rings (SSSR count). The number of methoxy groups -OCH3 is 1. The number of nitrogens with one attached hydrogen (secondary N) is 1. The third-order valence-corrected chi connectivity index (χ3v) is 4.51. The predicted molar refractivity (Wildman–Crippen MR) is 103 cm³/mol. The summed E-state index contributed by atoms with van der Waals surface area (Å²) in [6.45, 7) is 9.93. The van der Waals surface area contributed by atoms with Crippen molar-refractivity contribution in [1.82, 2.24) is 10.2 Å². The predicted octanol–water partition coefficient (Wildman–Crippen LogP) is 3.92. The Hall–Kier alpha value is -0.460. The molecule has 0 unspecified atom stereocenters. The van der Waals surface area contributed by atoms with Gasteiger partial charge in [0.1, 0.15) is 0 Å². The minimum atomic E-state index is 0. The van der Waals surface area contributed by atoms with E-state index in [2.05, 4.69) is 32.7 Å². The molecule has 1 aromatic rings. The van der Waals surface area contributed by atoms with Crippen molar-refractivity contribution < 1.29 is 9.84 Å². The molecular formula is C16H25BrCl2N2O2. The summed E-state index contributed by atoms with van der Waals surface area (Å²) in [6.07, 6.45) is 0.819. The van der Waals surface area contributed by atoms with Crippen LogP contribution in [0, 0.1) is 0 Å². The van der Waals surface area contributed by atoms with E-state index in [1.807, 2.05) is 13.0 Å². The van der Waals surface area contributed by atoms with Crippen LogP contribution in [0.3, 0.4) is 0 Å². The maximum Gasteiger partial charge on any atom is 0.163 e. The molecule has 23 heavy (non-hydrogen) atoms. The Morgan fingerprint density at radius 3 is 2.52 bits per heavy atom. The maximum atomic E-state index is 10.6. The maximum absolute atomic E-state index is 10.6. The molecular weight excluding hydrogens is 403 g/mol. The van der Waals surface area contributed by atoms with Gasteiger partial charge in [0.2, 0.25) is 0 Å². The summed E-state index contributed by atoms with van der Waals surface area (Å²) in [5.41, 5.74) is 1.99. The van der Waals surface area contributed by atoms with Gasteiger partial charge in [-0.3, -0.25) is 4.90 Å². The van der Waals surface area contributed by atoms with E-state index in [0.29, 0.717) is 5.75 Å². The highest BCUT2D eigenvalue weighted by molar-refractivity contribution is 9.10. The van der Waals surface area contributed by atoms with E-state index >= 15 is 0 Å². The van der Waals surface area contributed by atoms with Crippen molar-refractivity contribution in [2.45, 2.75) is 19.4 Å². The fourth-order valence-electron chi connectivity index (χ4n) is 2.78. The number of aromatic hydroxyl groups is 1. The molecule has 1 atom stereocenters. The monoisotopic (exact) mass is 426 g/mol. The van der Waals surface area contributed by atoms with Crippen molar-refractivity contribution in [3.8, 4) is 11.5 Å². The summed E-state index contributed by atoms with van der Waals surface area (Å²) >= 11 is 3.58. The molecule has 132 valence electrons. The number of rotatable bonds is 5. The standard InChI is InChI=1S/C16H23BrN2O2.2ClH/c1-11(2)10-13(19-8-6-18-7-9-19)15-12(17)4-5-14(21-3)16(15)20;;/h4-5,13,18,20H,1,6-10H2,2-3H3;2*1H/t13-;;/m1../s1. The molecule has 0 bridgehead atoms. The summed E-state index contributed by atoms with van der Waals surface area (Å²) in [6, 6.07) is 3.81. The zero-order valence-electron chi connectivity index (χ0n) is 13.5. The topological polar surface area (TPSA) is 44.7 Å². The molecule has 7 heteroatoms. The van der Waals surface area contributed by atoms with Gasteiger partial charge in [-0.25, -0.2) is 0 Å². The Bertz CT molecular complexity index is 523. The van der Waals surface area contributed by atoms with Gasteiger partial charge < -0.3 is 15.2 Å². The first-order valence-corrected chi connectivity index (χ1v) is 7.98. The average molecular weight is 428 g/mol. The first-order valence-electron chi connectivity index (χ1n) is 7.19. The van der Waals surface area contributed by atoms with Crippen LogP contribution in [0.25, 0.3) is 0 Å². The van der Waals surface area contributed by atoms with E-state index in [-0.39, 0.29) is 36.6 Å². The lowest BCUT2D eigenvalue weighted by Gasteiger charge is -2.36. The highest BCUT2D eigenvalue weighted by Gasteiger charge is 2.27. The second-order valence-electron chi connectivity index (χ2n) is 5.47. The van der Waals surface area contributed by atoms with E-state index in [9.17, 15) is 5.11 Å². The summed E-state index contributed by atoms with van der Waals surface area (Å²) in [7, 11) is 1.57. The van der Waals surface area contributed by atoms with Crippen molar-refractivity contribution >= 4 is 40.7 Å². The number of halogens is 3. The second kappa shape index (κ2) is 10.4. The van der Waals surface area contributed by atoms with Gasteiger partial charge in [-0.05, 0) is 25.5 Å². The van der Waals surface area contributed by atoms with Crippen LogP contribution in [-0.4, -0.2) is 43.3 Å². The van der Waals surface area contributed by atoms with Gasteiger partial charge in [0.25, 0.3) is 0 Å². The zero-order chi connectivity index (χ0) is 15.4. The number of piperazine rings is 1. The third kappa shape index (κ3) is 5.54. The zero-order valence-corrected chi connectivity index (χ0v) is 16.7. The fourth-order valence-corrected chi connectivity index (χ4v) is 3.37. The molecule has 0 aromatic heterocycles. The van der Waals surface area contributed by atoms with Crippen LogP contribution in [0.5, 0.6) is 11.5 Å². The Kier molecular flexibility index (Phi) is 10.2. The van der Waals surface area contributed by atoms with Gasteiger partial charge in [0.15, 0.2) is 11.5 Å². The molecule has 0 aliphatic carbocycles. The Morgan fingerprint density at radius 2 is 2.00 bits per heavy atom. The molecule has 1 saturated heterocycles. The molecule has 2 N–H and O–H groups in total. The number of hydrogen-bond donors (Lipinski definition) is 2. The van der Waals surface area contributed by atoms with Gasteiger partial charge in [-0.1, -0.05) is 21.5 Å². The summed E-state index contributed by atoms with van der Waals surface area (Å²) in [4.78, 5) is 2.39. The second-order valence-corrected chi connectivity index (χ2v) is 6.33. The van der Waals surface area contributed by atoms with Crippen molar-refractivity contribution in [1.29, 1.82) is 0 Å². The third-order valence-electron chi connectivity index (χ3n) is 3.81. The lowest BCUT2D eigenvalue weighted by Crippen LogP contribution is -2.45. The van der Waals surface area contributed by atoms with Gasteiger partial charge >= 0.3 is 0 Å². The van der Waals surface area contributed by atoms with Crippen LogP contribution in [0.2, 0.25) is 0 Å². The number of phenolic OH excluding ortho intramolecular Hbond substituents is 1. The van der Waals surface area contributed by atoms with Gasteiger partial charge in [0.05, 0.1) is 7.11 Å². The van der Waals surface area contributed by atoms with Crippen molar-refractivity contribution in [3.05, 3.63) is 34.3 Å². The van der Waals surface area contributed by atoms with Crippen LogP contribution >= 0.6 is 40.7 Å². The van der Waals surface area contributed by atoms with Gasteiger partial charge in [-0.15, -0.1) is 31.4 Å². The molecule has 0 radical (unpaired) electrons. The minimum Gasteiger partial charge on any atom is -0.504 e. The molecule has 0 amide bonds. The number of phenols is 1. The van der Waals surface area contributed by atoms with Crippen LogP contribution in [-0.2, 0) is 0 Å². The molecule has 1 heterocycles. The molecule has 1 aromatic carbocycles. The Morgan fingerprint density at radius 1 is 1.39 bits per heavy atom. The normalized spacial score (nSPS) is 16.0. The SMILES string of the molecule is C=C(C)C[C@H](c1c(Br)ccc(OC)c1O)N1CCNCC1.Cl.Cl. The molecule has 1 aliphatic heterocycles. The van der Waals surface area contributed by atoms with Crippen molar-refractivity contribution in [2.75, 3.05) is 33.3 Å². The summed E-state index contributed by atoms with van der Waals surface area (Å²) in [5.74, 6) is 0.728. The Labute approximate surface area is 159 Å². The van der Waals surface area contributed by atoms with Crippen LogP contribution in [0.1, 0.15) is 24.9 Å². The fraction of sp³-hybridized carbons (Fsp3) is 0.500. The molecule has 0 saturated carbocycles. The van der Waals surface area contributed by atoms with Gasteiger partial charge in [0, 0.05) is 42.3 Å². The smallest absolute Gasteiger partial charge is 0.163 e. The van der Waals surface area contributed by atoms with Crippen LogP contribution < -0.4 is 10.1 Å². The minimum absolute atomic E-state index is 0. The number of nitrogens with zero attached hydrogens (tertiary/aromatic N) is 1. The first kappa shape index (κ1) is 22.5. The average Bonchev–Trinajstić information content (AvgIpc) is 2.47. The van der Waals surface area contributed by atoms with E-state index in [1.165, 1.54) is 0 Å². The number of ether oxygens (including phenoxy) is 1. The quantitative estimate of drug-likeness (QED) is 0.699. The Balaban J connectivity index is 0.00000242. The summed E-state index contributed by atoms with van der Waals surface area (Å²) in [5, 5.41) is 13.9. The lowest BCUT2D eigenvalue weighted by molar-refractivity contribution is 0.168. The molecule has 4 nitrogen and oxygen atoms in total. The van der Waals surface area contributed by atoms with Crippen molar-refractivity contribution in [2.24, 2.45) is 0 Å². The first-order chi connectivity index (χ1) is 10.0. The van der Waals surface area contributed by atoms with E-state index in [4.69, 9.17) is 4.74 Å². The number of hydrogen-bond acceptors (Lipinski definition) is 4. The van der Waals surface area contributed by atoms with E-state index < -0.39 is 0 Å². The summed E-state index contributed by atoms with van der Waals surface area (Å²) < 4.78 is 6.17. The van der Waals surface area contributed by atoms with E-state index in [1.54, 1.807) is 13.2 Å². The molecule has 1 fully saturated rings. The molecule has 1 aliphatic rings. The highest BCUT2D eigenvalue weighted by atomic mass is 79.9.